The average molecular weight is 372 g/mol. The van der Waals surface area contributed by atoms with Gasteiger partial charge in [0.05, 0.1) is 4.47 Å². The van der Waals surface area contributed by atoms with Crippen molar-refractivity contribution in [2.24, 2.45) is 0 Å². The molecule has 0 saturated carbocycles. The molecule has 3 nitrogen and oxygen atoms in total. The first-order valence-corrected chi connectivity index (χ1v) is 8.65. The first-order chi connectivity index (χ1) is 11.2. The van der Waals surface area contributed by atoms with Crippen LogP contribution in [-0.2, 0) is 6.42 Å². The lowest BCUT2D eigenvalue weighted by Crippen LogP contribution is -1.99. The Morgan fingerprint density at radius 3 is 2.61 bits per heavy atom. The topological polar surface area (TPSA) is 43.1 Å². The molecule has 4 heteroatoms. The molecular weight excluding hydrogens is 354 g/mol. The van der Waals surface area contributed by atoms with Crippen LogP contribution in [0.3, 0.4) is 0 Å². The highest BCUT2D eigenvalue weighted by atomic mass is 79.9. The predicted octanol–water partition coefficient (Wildman–Crippen LogP) is 5.58. The van der Waals surface area contributed by atoms with Gasteiger partial charge < -0.3 is 4.42 Å². The summed E-state index contributed by atoms with van der Waals surface area (Å²) in [6.45, 7) is 0. The molecule has 0 aliphatic rings. The summed E-state index contributed by atoms with van der Waals surface area (Å²) in [5.74, 6) is 0.197. The number of halogens is 1. The lowest BCUT2D eigenvalue weighted by molar-refractivity contribution is 0.0947. The van der Waals surface area contributed by atoms with Crippen LogP contribution in [0.1, 0.15) is 41.9 Å². The van der Waals surface area contributed by atoms with Crippen LogP contribution in [0, 0.1) is 0 Å². The van der Waals surface area contributed by atoms with Crippen LogP contribution in [-0.4, -0.2) is 10.8 Å². The number of fused-ring (bicyclic) bond motifs is 1. The summed E-state index contributed by atoms with van der Waals surface area (Å²) in [6.07, 6.45) is 4.54. The quantitative estimate of drug-likeness (QED) is 0.402. The van der Waals surface area contributed by atoms with Crippen molar-refractivity contribution in [3.63, 3.8) is 0 Å². The van der Waals surface area contributed by atoms with Gasteiger partial charge in [-0.1, -0.05) is 42.8 Å². The van der Waals surface area contributed by atoms with E-state index in [0.717, 1.165) is 30.2 Å². The summed E-state index contributed by atoms with van der Waals surface area (Å²) < 4.78 is 6.40. The lowest BCUT2D eigenvalue weighted by atomic mass is 10.1. The van der Waals surface area contributed by atoms with Crippen LogP contribution in [0.5, 0.6) is 0 Å². The molecular formula is C19H18BrNO2. The monoisotopic (exact) mass is 371 g/mol. The van der Waals surface area contributed by atoms with Gasteiger partial charge in [0.15, 0.2) is 5.58 Å². The van der Waals surface area contributed by atoms with E-state index in [1.165, 1.54) is 5.56 Å². The number of Topliss-reactive ketones (excluding diaryl/α,β-unsaturated/α-hetero) is 1. The fraction of sp³-hybridized carbons (Fsp3) is 0.263. The van der Waals surface area contributed by atoms with E-state index in [4.69, 9.17) is 4.42 Å². The summed E-state index contributed by atoms with van der Waals surface area (Å²) in [5, 5.41) is 0. The van der Waals surface area contributed by atoms with E-state index in [2.05, 4.69) is 45.2 Å². The van der Waals surface area contributed by atoms with Crippen LogP contribution < -0.4 is 0 Å². The van der Waals surface area contributed by atoms with Crippen molar-refractivity contribution < 1.29 is 9.21 Å². The number of carbonyl (C=O) groups is 1. The van der Waals surface area contributed by atoms with Gasteiger partial charge in [-0.05, 0) is 52.9 Å². The molecule has 0 N–H and O–H groups in total. The number of hydrogen-bond acceptors (Lipinski definition) is 3. The van der Waals surface area contributed by atoms with Crippen molar-refractivity contribution >= 4 is 32.8 Å². The highest BCUT2D eigenvalue weighted by Crippen LogP contribution is 2.25. The molecule has 0 bridgehead atoms. The molecule has 0 aliphatic heterocycles. The Morgan fingerprint density at radius 1 is 1.00 bits per heavy atom. The Bertz CT molecular complexity index is 795. The molecule has 3 rings (SSSR count). The van der Waals surface area contributed by atoms with Gasteiger partial charge in [-0.2, -0.15) is 0 Å². The molecule has 0 atom stereocenters. The number of hydrogen-bond donors (Lipinski definition) is 0. The first kappa shape index (κ1) is 15.9. The van der Waals surface area contributed by atoms with Crippen molar-refractivity contribution in [2.75, 3.05) is 0 Å². The third-order valence-corrected chi connectivity index (χ3v) is 4.44. The molecule has 0 fully saturated rings. The van der Waals surface area contributed by atoms with Gasteiger partial charge in [0.1, 0.15) is 5.52 Å². The molecule has 0 spiro atoms. The standard InChI is InChI=1S/C19H18BrNO2/c20-15-11-7-12-16-18(15)23-19(21-16)17(22)13-6-2-5-10-14-8-3-1-4-9-14/h1,3-4,7-9,11-12H,2,5-6,10,13H2. The van der Waals surface area contributed by atoms with E-state index < -0.39 is 0 Å². The maximum atomic E-state index is 12.2. The zero-order valence-corrected chi connectivity index (χ0v) is 14.4. The summed E-state index contributed by atoms with van der Waals surface area (Å²) in [5.41, 5.74) is 2.70. The summed E-state index contributed by atoms with van der Waals surface area (Å²) in [7, 11) is 0. The minimum atomic E-state index is -0.0205. The van der Waals surface area contributed by atoms with Crippen LogP contribution >= 0.6 is 15.9 Å². The Balaban J connectivity index is 1.48. The van der Waals surface area contributed by atoms with Crippen molar-refractivity contribution in [2.45, 2.75) is 32.1 Å². The third-order valence-electron chi connectivity index (χ3n) is 3.82. The van der Waals surface area contributed by atoms with E-state index in [1.807, 2.05) is 24.3 Å². The van der Waals surface area contributed by atoms with Gasteiger partial charge in [-0.15, -0.1) is 0 Å². The molecule has 0 radical (unpaired) electrons. The van der Waals surface area contributed by atoms with Crippen molar-refractivity contribution in [1.29, 1.82) is 0 Å². The van der Waals surface area contributed by atoms with Crippen LogP contribution in [0.25, 0.3) is 11.1 Å². The van der Waals surface area contributed by atoms with Gasteiger partial charge in [-0.3, -0.25) is 4.79 Å². The zero-order valence-electron chi connectivity index (χ0n) is 12.8. The normalized spacial score (nSPS) is 11.0. The first-order valence-electron chi connectivity index (χ1n) is 7.86. The number of nitrogens with zero attached hydrogens (tertiary/aromatic N) is 1. The fourth-order valence-corrected chi connectivity index (χ4v) is 3.01. The highest BCUT2D eigenvalue weighted by Gasteiger charge is 2.15. The second kappa shape index (κ2) is 7.55. The molecule has 0 aliphatic carbocycles. The second-order valence-electron chi connectivity index (χ2n) is 5.58. The molecule has 23 heavy (non-hydrogen) atoms. The van der Waals surface area contributed by atoms with E-state index in [-0.39, 0.29) is 11.7 Å². The van der Waals surface area contributed by atoms with Gasteiger partial charge in [-0.25, -0.2) is 4.98 Å². The van der Waals surface area contributed by atoms with Gasteiger partial charge in [0.25, 0.3) is 5.89 Å². The van der Waals surface area contributed by atoms with Crippen LogP contribution in [0.4, 0.5) is 0 Å². The minimum Gasteiger partial charge on any atom is -0.432 e. The van der Waals surface area contributed by atoms with Gasteiger partial charge in [0.2, 0.25) is 5.78 Å². The van der Waals surface area contributed by atoms with Crippen molar-refractivity contribution in [1.82, 2.24) is 4.98 Å². The largest absolute Gasteiger partial charge is 0.432 e. The number of para-hydroxylation sites is 1. The Hall–Kier alpha value is -1.94. The highest BCUT2D eigenvalue weighted by molar-refractivity contribution is 9.10. The molecule has 0 saturated heterocycles. The fourth-order valence-electron chi connectivity index (χ4n) is 2.58. The SMILES string of the molecule is O=C(CCCCCc1ccccc1)c1nc2cccc(Br)c2o1. The summed E-state index contributed by atoms with van der Waals surface area (Å²) in [4.78, 5) is 16.5. The maximum Gasteiger partial charge on any atom is 0.264 e. The van der Waals surface area contributed by atoms with Crippen LogP contribution in [0.15, 0.2) is 57.4 Å². The number of ketones is 1. The predicted molar refractivity (Wildman–Crippen MR) is 94.7 cm³/mol. The third kappa shape index (κ3) is 4.08. The molecule has 2 aromatic carbocycles. The number of rotatable bonds is 7. The molecule has 3 aromatic rings. The Labute approximate surface area is 143 Å². The van der Waals surface area contributed by atoms with Crippen molar-refractivity contribution in [3.05, 3.63) is 64.5 Å². The molecule has 1 heterocycles. The molecule has 118 valence electrons. The van der Waals surface area contributed by atoms with Crippen LogP contribution in [0.2, 0.25) is 0 Å². The number of carbonyl (C=O) groups excluding carboxylic acids is 1. The van der Waals surface area contributed by atoms with Gasteiger partial charge in [0, 0.05) is 6.42 Å². The number of oxazole rings is 1. The second-order valence-corrected chi connectivity index (χ2v) is 6.43. The van der Waals surface area contributed by atoms with E-state index in [1.54, 1.807) is 0 Å². The number of unbranched alkanes of at least 4 members (excludes halogenated alkanes) is 2. The summed E-state index contributed by atoms with van der Waals surface area (Å²) in [6, 6.07) is 16.0. The number of aromatic nitrogens is 1. The summed E-state index contributed by atoms with van der Waals surface area (Å²) >= 11 is 3.41. The van der Waals surface area contributed by atoms with E-state index in [9.17, 15) is 4.79 Å². The molecule has 0 unspecified atom stereocenters. The molecule has 1 aromatic heterocycles. The average Bonchev–Trinajstić information content (AvgIpc) is 3.01. The maximum absolute atomic E-state index is 12.2. The van der Waals surface area contributed by atoms with E-state index >= 15 is 0 Å². The Kier molecular flexibility index (Phi) is 5.23. The number of benzene rings is 2. The minimum absolute atomic E-state index is 0.0205. The van der Waals surface area contributed by atoms with E-state index in [0.29, 0.717) is 17.5 Å². The lowest BCUT2D eigenvalue weighted by Gasteiger charge is -2.01. The van der Waals surface area contributed by atoms with Crippen molar-refractivity contribution in [3.8, 4) is 0 Å². The zero-order chi connectivity index (χ0) is 16.1. The Morgan fingerprint density at radius 2 is 1.83 bits per heavy atom. The number of aryl methyl sites for hydroxylation is 1. The molecule has 0 amide bonds. The van der Waals surface area contributed by atoms with Gasteiger partial charge >= 0.3 is 0 Å². The smallest absolute Gasteiger partial charge is 0.264 e.